The molecule has 0 bridgehead atoms. The van der Waals surface area contributed by atoms with Gasteiger partial charge in [-0.05, 0) is 55.2 Å². The summed E-state index contributed by atoms with van der Waals surface area (Å²) in [5, 5.41) is 10.3. The molecule has 1 amide bonds. The smallest absolute Gasteiger partial charge is 0.272 e. The van der Waals surface area contributed by atoms with Crippen LogP contribution in [0.15, 0.2) is 35.7 Å². The molecule has 27 heavy (non-hydrogen) atoms. The van der Waals surface area contributed by atoms with Gasteiger partial charge in [0.1, 0.15) is 10.8 Å². The van der Waals surface area contributed by atoms with Gasteiger partial charge in [-0.2, -0.15) is 5.10 Å². The third-order valence-corrected chi connectivity index (χ3v) is 5.28. The fraction of sp³-hybridized carbons (Fsp3) is 0.350. The second-order valence-corrected chi connectivity index (χ2v) is 7.92. The third kappa shape index (κ3) is 4.60. The summed E-state index contributed by atoms with van der Waals surface area (Å²) >= 11 is 1.56. The molecule has 2 heterocycles. The van der Waals surface area contributed by atoms with Crippen LogP contribution in [0.3, 0.4) is 0 Å². The fourth-order valence-electron chi connectivity index (χ4n) is 2.93. The van der Waals surface area contributed by atoms with Crippen LogP contribution in [-0.4, -0.2) is 20.7 Å². The zero-order chi connectivity index (χ0) is 19.6. The molecule has 0 aliphatic carbocycles. The summed E-state index contributed by atoms with van der Waals surface area (Å²) in [6.45, 7) is 6.18. The van der Waals surface area contributed by atoms with E-state index in [4.69, 9.17) is 0 Å². The Morgan fingerprint density at radius 3 is 2.59 bits per heavy atom. The number of halogens is 1. The first-order valence-corrected chi connectivity index (χ1v) is 9.74. The fourth-order valence-corrected chi connectivity index (χ4v) is 3.79. The van der Waals surface area contributed by atoms with E-state index in [1.54, 1.807) is 41.3 Å². The molecule has 1 unspecified atom stereocenters. The lowest BCUT2D eigenvalue weighted by molar-refractivity contribution is 0.0926. The van der Waals surface area contributed by atoms with Gasteiger partial charge in [-0.1, -0.05) is 13.8 Å². The lowest BCUT2D eigenvalue weighted by Crippen LogP contribution is -2.30. The largest absolute Gasteiger partial charge is 0.341 e. The number of benzene rings is 1. The molecule has 1 aromatic carbocycles. The Kier molecular flexibility index (Phi) is 5.70. The Morgan fingerprint density at radius 2 is 2.00 bits per heavy atom. The summed E-state index contributed by atoms with van der Waals surface area (Å²) in [7, 11) is 1.77. The quantitative estimate of drug-likeness (QED) is 0.678. The number of thiazole rings is 1. The van der Waals surface area contributed by atoms with Gasteiger partial charge in [-0.3, -0.25) is 9.48 Å². The molecule has 0 aliphatic rings. The van der Waals surface area contributed by atoms with Crippen molar-refractivity contribution in [3.05, 3.63) is 57.9 Å². The summed E-state index contributed by atoms with van der Waals surface area (Å²) in [6.07, 6.45) is 0.802. The van der Waals surface area contributed by atoms with Crippen molar-refractivity contribution in [2.45, 2.75) is 33.2 Å². The van der Waals surface area contributed by atoms with Crippen molar-refractivity contribution in [3.8, 4) is 11.3 Å². The summed E-state index contributed by atoms with van der Waals surface area (Å²) in [4.78, 5) is 17.3. The van der Waals surface area contributed by atoms with Crippen LogP contribution in [0.2, 0.25) is 0 Å². The Bertz CT molecular complexity index is 930. The van der Waals surface area contributed by atoms with Crippen LogP contribution in [0.5, 0.6) is 0 Å². The van der Waals surface area contributed by atoms with E-state index >= 15 is 0 Å². The first-order valence-electron chi connectivity index (χ1n) is 8.86. The number of aryl methyl sites for hydroxylation is 2. The molecular formula is C20H23FN4OS. The van der Waals surface area contributed by atoms with Crippen molar-refractivity contribution in [2.75, 3.05) is 0 Å². The van der Waals surface area contributed by atoms with E-state index in [9.17, 15) is 9.18 Å². The predicted molar refractivity (Wildman–Crippen MR) is 105 cm³/mol. The number of nitrogens with one attached hydrogen (secondary N) is 1. The van der Waals surface area contributed by atoms with E-state index in [-0.39, 0.29) is 17.8 Å². The molecule has 7 heteroatoms. The van der Waals surface area contributed by atoms with Crippen LogP contribution < -0.4 is 5.32 Å². The second-order valence-electron chi connectivity index (χ2n) is 7.03. The Morgan fingerprint density at radius 1 is 1.30 bits per heavy atom. The normalized spacial score (nSPS) is 12.4. The number of carbonyl (C=O) groups excluding carboxylic acids is 1. The molecule has 0 spiro atoms. The first-order chi connectivity index (χ1) is 12.8. The number of hydrogen-bond acceptors (Lipinski definition) is 4. The number of hydrogen-bond donors (Lipinski definition) is 1. The summed E-state index contributed by atoms with van der Waals surface area (Å²) < 4.78 is 14.8. The van der Waals surface area contributed by atoms with E-state index < -0.39 is 0 Å². The maximum Gasteiger partial charge on any atom is 0.272 e. The lowest BCUT2D eigenvalue weighted by Gasteiger charge is -2.18. The van der Waals surface area contributed by atoms with Crippen LogP contribution in [0.1, 0.15) is 47.5 Å². The van der Waals surface area contributed by atoms with Gasteiger partial charge in [0.15, 0.2) is 5.69 Å². The van der Waals surface area contributed by atoms with Gasteiger partial charge in [-0.25, -0.2) is 9.37 Å². The molecule has 0 radical (unpaired) electrons. The van der Waals surface area contributed by atoms with Crippen LogP contribution in [0.4, 0.5) is 4.39 Å². The van der Waals surface area contributed by atoms with Crippen molar-refractivity contribution < 1.29 is 9.18 Å². The van der Waals surface area contributed by atoms with Crippen LogP contribution in [-0.2, 0) is 7.05 Å². The zero-order valence-electron chi connectivity index (χ0n) is 15.9. The maximum absolute atomic E-state index is 13.2. The minimum atomic E-state index is -0.297. The van der Waals surface area contributed by atoms with Gasteiger partial charge in [0.25, 0.3) is 5.91 Å². The van der Waals surface area contributed by atoms with Gasteiger partial charge in [0, 0.05) is 18.1 Å². The Balaban J connectivity index is 1.82. The number of aromatic nitrogens is 3. The van der Waals surface area contributed by atoms with E-state index in [0.29, 0.717) is 11.6 Å². The predicted octanol–water partition coefficient (Wildman–Crippen LogP) is 4.51. The highest BCUT2D eigenvalue weighted by Gasteiger charge is 2.22. The number of nitrogens with zero attached hydrogens (tertiary/aromatic N) is 3. The molecule has 2 aromatic heterocycles. The topological polar surface area (TPSA) is 59.8 Å². The van der Waals surface area contributed by atoms with Gasteiger partial charge in [0.2, 0.25) is 0 Å². The van der Waals surface area contributed by atoms with Gasteiger partial charge in [-0.15, -0.1) is 11.3 Å². The highest BCUT2D eigenvalue weighted by Crippen LogP contribution is 2.25. The molecule has 1 N–H and O–H groups in total. The molecule has 3 rings (SSSR count). The average molecular weight is 386 g/mol. The summed E-state index contributed by atoms with van der Waals surface area (Å²) in [5.41, 5.74) is 2.85. The van der Waals surface area contributed by atoms with Crippen LogP contribution in [0.25, 0.3) is 11.3 Å². The molecule has 0 fully saturated rings. The maximum atomic E-state index is 13.2. The standard InChI is InChI=1S/C20H23FN4OS/c1-12(2)9-17(20-22-13(3)11-27-20)23-19(26)16-10-18(25(4)24-16)14-5-7-15(21)8-6-14/h5-8,10-12,17H,9H2,1-4H3,(H,23,26). The third-order valence-electron chi connectivity index (χ3n) is 4.20. The van der Waals surface area contributed by atoms with E-state index in [2.05, 4.69) is 29.2 Å². The monoisotopic (exact) mass is 386 g/mol. The molecule has 0 saturated carbocycles. The Labute approximate surface area is 162 Å². The van der Waals surface area contributed by atoms with E-state index in [1.165, 1.54) is 12.1 Å². The van der Waals surface area contributed by atoms with Crippen LogP contribution in [0, 0.1) is 18.7 Å². The number of rotatable bonds is 6. The zero-order valence-corrected chi connectivity index (χ0v) is 16.7. The summed E-state index contributed by atoms with van der Waals surface area (Å²) in [6, 6.07) is 7.72. The molecule has 3 aromatic rings. The summed E-state index contributed by atoms with van der Waals surface area (Å²) in [5.74, 6) is -0.121. The van der Waals surface area contributed by atoms with Crippen LogP contribution >= 0.6 is 11.3 Å². The number of carbonyl (C=O) groups is 1. The molecule has 1 atom stereocenters. The highest BCUT2D eigenvalue weighted by molar-refractivity contribution is 7.09. The van der Waals surface area contributed by atoms with Crippen molar-refractivity contribution in [1.29, 1.82) is 0 Å². The molecular weight excluding hydrogens is 363 g/mol. The molecule has 5 nitrogen and oxygen atoms in total. The van der Waals surface area contributed by atoms with E-state index in [1.807, 2.05) is 12.3 Å². The minimum Gasteiger partial charge on any atom is -0.341 e. The molecule has 0 saturated heterocycles. The van der Waals surface area contributed by atoms with Crippen molar-refractivity contribution in [2.24, 2.45) is 13.0 Å². The van der Waals surface area contributed by atoms with Crippen molar-refractivity contribution in [1.82, 2.24) is 20.1 Å². The van der Waals surface area contributed by atoms with Crippen molar-refractivity contribution >= 4 is 17.2 Å². The number of amides is 1. The van der Waals surface area contributed by atoms with Crippen molar-refractivity contribution in [3.63, 3.8) is 0 Å². The molecule has 0 aliphatic heterocycles. The Hall–Kier alpha value is -2.54. The van der Waals surface area contributed by atoms with Gasteiger partial charge >= 0.3 is 0 Å². The van der Waals surface area contributed by atoms with E-state index in [0.717, 1.165) is 28.4 Å². The molecule has 142 valence electrons. The highest BCUT2D eigenvalue weighted by atomic mass is 32.1. The second kappa shape index (κ2) is 8.00. The lowest BCUT2D eigenvalue weighted by atomic mass is 10.0. The SMILES string of the molecule is Cc1csc(C(CC(C)C)NC(=O)c2cc(-c3ccc(F)cc3)n(C)n2)n1. The first kappa shape index (κ1) is 19.2. The van der Waals surface area contributed by atoms with Gasteiger partial charge < -0.3 is 5.32 Å². The van der Waals surface area contributed by atoms with Gasteiger partial charge in [0.05, 0.1) is 11.7 Å². The minimum absolute atomic E-state index is 0.146. The average Bonchev–Trinajstić information content (AvgIpc) is 3.21.